The first-order chi connectivity index (χ1) is 21.6. The number of ether oxygens (including phenoxy) is 1. The normalized spacial score (nSPS) is 12.5. The topological polar surface area (TPSA) is 96.0 Å². The number of hydrogen-bond acceptors (Lipinski definition) is 5. The van der Waals surface area contributed by atoms with Crippen LogP contribution >= 0.6 is 0 Å². The van der Waals surface area contributed by atoms with E-state index in [-0.39, 0.29) is 35.5 Å². The van der Waals surface area contributed by atoms with Crippen LogP contribution in [0, 0.1) is 6.92 Å². The maximum Gasteiger partial charge on any atom is 0.264 e. The van der Waals surface area contributed by atoms with Crippen LogP contribution in [0.1, 0.15) is 37.0 Å². The summed E-state index contributed by atoms with van der Waals surface area (Å²) in [6.45, 7) is 5.44. The summed E-state index contributed by atoms with van der Waals surface area (Å²) in [7, 11) is -2.69. The molecule has 1 N–H and O–H groups in total. The first-order valence-electron chi connectivity index (χ1n) is 15.0. The summed E-state index contributed by atoms with van der Waals surface area (Å²) in [5, 5.41) is 3.06. The summed E-state index contributed by atoms with van der Waals surface area (Å²) >= 11 is 0. The van der Waals surface area contributed by atoms with Gasteiger partial charge in [-0.05, 0) is 55.7 Å². The van der Waals surface area contributed by atoms with E-state index in [1.807, 2.05) is 75.4 Å². The quantitative estimate of drug-likeness (QED) is 0.192. The summed E-state index contributed by atoms with van der Waals surface area (Å²) in [4.78, 5) is 30.0. The van der Waals surface area contributed by atoms with Crippen LogP contribution in [0.25, 0.3) is 0 Å². The Morgan fingerprint density at radius 3 is 2.13 bits per heavy atom. The smallest absolute Gasteiger partial charge is 0.264 e. The Kier molecular flexibility index (Phi) is 11.4. The van der Waals surface area contributed by atoms with Crippen molar-refractivity contribution in [1.29, 1.82) is 0 Å². The van der Waals surface area contributed by atoms with Crippen molar-refractivity contribution in [2.24, 2.45) is 0 Å². The zero-order valence-electron chi connectivity index (χ0n) is 26.2. The summed E-state index contributed by atoms with van der Waals surface area (Å²) in [6, 6.07) is 30.8. The van der Waals surface area contributed by atoms with Gasteiger partial charge in [0.1, 0.15) is 18.3 Å². The molecule has 2 atom stereocenters. The van der Waals surface area contributed by atoms with Crippen LogP contribution in [0.4, 0.5) is 5.69 Å². The average molecular weight is 628 g/mol. The lowest BCUT2D eigenvalue weighted by atomic mass is 10.0. The second-order valence-corrected chi connectivity index (χ2v) is 12.9. The van der Waals surface area contributed by atoms with Crippen molar-refractivity contribution in [3.05, 3.63) is 126 Å². The van der Waals surface area contributed by atoms with Gasteiger partial charge in [-0.25, -0.2) is 8.42 Å². The first kappa shape index (κ1) is 33.3. The third-order valence-electron chi connectivity index (χ3n) is 7.66. The number of benzene rings is 4. The van der Waals surface area contributed by atoms with E-state index in [2.05, 4.69) is 5.32 Å². The lowest BCUT2D eigenvalue weighted by Gasteiger charge is -2.34. The highest BCUT2D eigenvalue weighted by atomic mass is 32.2. The molecular weight excluding hydrogens is 586 g/mol. The molecular formula is C36H41N3O5S. The van der Waals surface area contributed by atoms with Crippen molar-refractivity contribution < 1.29 is 22.7 Å². The predicted molar refractivity (Wildman–Crippen MR) is 178 cm³/mol. The predicted octanol–water partition coefficient (Wildman–Crippen LogP) is 5.75. The van der Waals surface area contributed by atoms with Crippen LogP contribution < -0.4 is 14.4 Å². The molecule has 0 fully saturated rings. The largest absolute Gasteiger partial charge is 0.497 e. The monoisotopic (exact) mass is 627 g/mol. The van der Waals surface area contributed by atoms with Crippen molar-refractivity contribution in [3.63, 3.8) is 0 Å². The van der Waals surface area contributed by atoms with Crippen LogP contribution in [0.2, 0.25) is 0 Å². The molecule has 4 aromatic rings. The van der Waals surface area contributed by atoms with E-state index < -0.39 is 28.5 Å². The molecule has 0 heterocycles. The Hall–Kier alpha value is -4.63. The number of nitrogens with one attached hydrogen (secondary N) is 1. The lowest BCUT2D eigenvalue weighted by Crippen LogP contribution is -2.54. The number of methoxy groups -OCH3 is 1. The van der Waals surface area contributed by atoms with Crippen molar-refractivity contribution >= 4 is 27.5 Å². The molecule has 45 heavy (non-hydrogen) atoms. The van der Waals surface area contributed by atoms with Crippen LogP contribution in [0.5, 0.6) is 5.75 Å². The van der Waals surface area contributed by atoms with Gasteiger partial charge >= 0.3 is 0 Å². The molecule has 0 saturated carbocycles. The molecule has 0 aliphatic heterocycles. The molecule has 0 aliphatic rings. The number of sulfonamides is 1. The minimum Gasteiger partial charge on any atom is -0.497 e. The molecule has 4 aromatic carbocycles. The van der Waals surface area contributed by atoms with Gasteiger partial charge in [-0.3, -0.25) is 13.9 Å². The number of hydrogen-bond donors (Lipinski definition) is 1. The standard InChI is InChI=1S/C36H41N3O5S/c1-5-28(3)37-36(41)34(23-29-15-8-6-9-16-29)38(25-30-17-12-14-27(2)22-30)35(40)26-39(31-18-13-19-32(24-31)44-4)45(42,43)33-20-10-7-11-21-33/h6-22,24,28,34H,5,23,25-26H2,1-4H3,(H,37,41). The minimum atomic E-state index is -4.19. The molecule has 0 radical (unpaired) electrons. The highest BCUT2D eigenvalue weighted by Gasteiger charge is 2.35. The first-order valence-corrected chi connectivity index (χ1v) is 16.5. The van der Waals surface area contributed by atoms with E-state index in [0.717, 1.165) is 21.0 Å². The number of nitrogens with zero attached hydrogens (tertiary/aromatic N) is 2. The van der Waals surface area contributed by atoms with Crippen LogP contribution in [-0.2, 0) is 32.6 Å². The van der Waals surface area contributed by atoms with Gasteiger partial charge in [0.25, 0.3) is 10.0 Å². The van der Waals surface area contributed by atoms with E-state index in [1.165, 1.54) is 24.1 Å². The number of anilines is 1. The van der Waals surface area contributed by atoms with Crippen LogP contribution in [0.3, 0.4) is 0 Å². The van der Waals surface area contributed by atoms with Gasteiger partial charge in [0.2, 0.25) is 11.8 Å². The Morgan fingerprint density at radius 2 is 1.49 bits per heavy atom. The van der Waals surface area contributed by atoms with Crippen molar-refractivity contribution in [2.75, 3.05) is 18.0 Å². The number of amides is 2. The number of aryl methyl sites for hydroxylation is 1. The van der Waals surface area contributed by atoms with Gasteiger partial charge in [-0.2, -0.15) is 0 Å². The van der Waals surface area contributed by atoms with E-state index in [1.54, 1.807) is 42.5 Å². The van der Waals surface area contributed by atoms with E-state index in [9.17, 15) is 18.0 Å². The summed E-state index contributed by atoms with van der Waals surface area (Å²) in [6.07, 6.45) is 0.972. The molecule has 9 heteroatoms. The van der Waals surface area contributed by atoms with Gasteiger partial charge in [0.15, 0.2) is 0 Å². The molecule has 0 saturated heterocycles. The Bertz CT molecular complexity index is 1680. The molecule has 236 valence electrons. The van der Waals surface area contributed by atoms with E-state index in [4.69, 9.17) is 4.74 Å². The molecule has 2 unspecified atom stereocenters. The fraction of sp³-hybridized carbons (Fsp3) is 0.278. The number of rotatable bonds is 14. The Labute approximate surface area is 266 Å². The van der Waals surface area contributed by atoms with Gasteiger partial charge in [-0.15, -0.1) is 0 Å². The average Bonchev–Trinajstić information content (AvgIpc) is 3.05. The number of carbonyl (C=O) groups excluding carboxylic acids is 2. The SMILES string of the molecule is CCC(C)NC(=O)C(Cc1ccccc1)N(Cc1cccc(C)c1)C(=O)CN(c1cccc(OC)c1)S(=O)(=O)c1ccccc1. The molecule has 2 amide bonds. The highest BCUT2D eigenvalue weighted by molar-refractivity contribution is 7.92. The second-order valence-electron chi connectivity index (χ2n) is 11.1. The van der Waals surface area contributed by atoms with E-state index in [0.29, 0.717) is 12.2 Å². The third-order valence-corrected chi connectivity index (χ3v) is 9.45. The van der Waals surface area contributed by atoms with Gasteiger partial charge in [0, 0.05) is 25.1 Å². The van der Waals surface area contributed by atoms with Crippen LogP contribution in [-0.4, -0.2) is 50.9 Å². The van der Waals surface area contributed by atoms with Crippen molar-refractivity contribution in [2.45, 2.75) is 57.1 Å². The molecule has 4 rings (SSSR count). The second kappa shape index (κ2) is 15.4. The zero-order valence-corrected chi connectivity index (χ0v) is 27.0. The zero-order chi connectivity index (χ0) is 32.4. The molecule has 8 nitrogen and oxygen atoms in total. The van der Waals surface area contributed by atoms with Crippen LogP contribution in [0.15, 0.2) is 114 Å². The summed E-state index contributed by atoms with van der Waals surface area (Å²) < 4.78 is 34.7. The fourth-order valence-electron chi connectivity index (χ4n) is 5.02. The molecule has 0 bridgehead atoms. The highest BCUT2D eigenvalue weighted by Crippen LogP contribution is 2.28. The minimum absolute atomic E-state index is 0.0428. The molecule has 0 spiro atoms. The van der Waals surface area contributed by atoms with Gasteiger partial charge < -0.3 is 15.0 Å². The van der Waals surface area contributed by atoms with Gasteiger partial charge in [-0.1, -0.05) is 91.3 Å². The van der Waals surface area contributed by atoms with Crippen molar-refractivity contribution in [3.8, 4) is 5.75 Å². The fourth-order valence-corrected chi connectivity index (χ4v) is 6.44. The molecule has 0 aromatic heterocycles. The maximum atomic E-state index is 14.5. The summed E-state index contributed by atoms with van der Waals surface area (Å²) in [5.74, 6) is -0.369. The Morgan fingerprint density at radius 1 is 0.844 bits per heavy atom. The maximum absolute atomic E-state index is 14.5. The van der Waals surface area contributed by atoms with Crippen molar-refractivity contribution in [1.82, 2.24) is 10.2 Å². The third kappa shape index (κ3) is 8.73. The van der Waals surface area contributed by atoms with E-state index >= 15 is 0 Å². The number of carbonyl (C=O) groups is 2. The molecule has 0 aliphatic carbocycles. The Balaban J connectivity index is 1.81. The summed E-state index contributed by atoms with van der Waals surface area (Å²) in [5.41, 5.74) is 2.99. The van der Waals surface area contributed by atoms with Gasteiger partial charge in [0.05, 0.1) is 17.7 Å². The lowest BCUT2D eigenvalue weighted by molar-refractivity contribution is -0.140.